The van der Waals surface area contributed by atoms with E-state index in [1.54, 1.807) is 0 Å². The fraction of sp³-hybridized carbons (Fsp3) is 0.909. The number of carboxylic acids is 1. The maximum Gasteiger partial charge on any atom is 0.460 e. The van der Waals surface area contributed by atoms with E-state index in [1.807, 2.05) is 0 Å². The summed E-state index contributed by atoms with van der Waals surface area (Å²) in [5, 5.41) is 1.58. The van der Waals surface area contributed by atoms with Crippen LogP contribution in [0.1, 0.15) is 26.2 Å². The summed E-state index contributed by atoms with van der Waals surface area (Å²) in [7, 11) is -6.68. The molecule has 0 amide bonds. The molecule has 0 aromatic rings. The predicted octanol–water partition coefficient (Wildman–Crippen LogP) is 3.32. The minimum atomic E-state index is -7.34. The first-order valence-corrected chi connectivity index (χ1v) is 8.23. The number of hydrogen-bond donors (Lipinski definition) is 1. The van der Waals surface area contributed by atoms with E-state index in [4.69, 9.17) is 5.11 Å². The van der Waals surface area contributed by atoms with Crippen molar-refractivity contribution in [3.8, 4) is 0 Å². The molecule has 5 nitrogen and oxygen atoms in total. The lowest BCUT2D eigenvalue weighted by Crippen LogP contribution is -2.65. The van der Waals surface area contributed by atoms with Crippen molar-refractivity contribution in [3.63, 3.8) is 0 Å². The molecule has 0 atom stereocenters. The summed E-state index contributed by atoms with van der Waals surface area (Å²) in [6.45, 7) is -0.836. The molecule has 0 rings (SSSR count). The van der Waals surface area contributed by atoms with Crippen molar-refractivity contribution in [2.45, 2.75) is 49.5 Å². The average Bonchev–Trinajstić information content (AvgIpc) is 2.44. The highest BCUT2D eigenvalue weighted by molar-refractivity contribution is 7.90. The first-order valence-electron chi connectivity index (χ1n) is 6.79. The quantitative estimate of drug-likeness (QED) is 0.543. The van der Waals surface area contributed by atoms with E-state index in [-0.39, 0.29) is 6.42 Å². The molecule has 0 aliphatic rings. The van der Waals surface area contributed by atoms with E-state index in [2.05, 4.69) is 0 Å². The molecule has 156 valence electrons. The van der Waals surface area contributed by atoms with Gasteiger partial charge in [-0.15, -0.1) is 0 Å². The Bertz CT molecular complexity index is 603. The monoisotopic (exact) mass is 427 g/mol. The van der Waals surface area contributed by atoms with Gasteiger partial charge in [-0.3, -0.25) is 4.79 Å². The van der Waals surface area contributed by atoms with E-state index >= 15 is 0 Å². The van der Waals surface area contributed by atoms with E-state index in [0.717, 1.165) is 0 Å². The Labute approximate surface area is 141 Å². The smallest absolute Gasteiger partial charge is 0.460 e. The summed E-state index contributed by atoms with van der Waals surface area (Å²) in [6, 6.07) is 0. The van der Waals surface area contributed by atoms with Crippen LogP contribution < -0.4 is 0 Å². The number of halogens is 9. The second-order valence-electron chi connectivity index (χ2n) is 5.06. The van der Waals surface area contributed by atoms with Crippen LogP contribution in [-0.4, -0.2) is 60.2 Å². The van der Waals surface area contributed by atoms with Gasteiger partial charge in [0.25, 0.3) is 10.0 Å². The number of carboxylic acid groups (broad SMARTS) is 1. The summed E-state index contributed by atoms with van der Waals surface area (Å²) < 4.78 is 139. The zero-order chi connectivity index (χ0) is 21.2. The third-order valence-electron chi connectivity index (χ3n) is 3.05. The standard InChI is InChI=1S/C11H14F9NO4S/c1-2-5-21(6-3-4-7(22)23)26(24,25)11(19,20)9(14,15)8(12,13)10(16,17)18/h2-6H2,1H3,(H,22,23). The van der Waals surface area contributed by atoms with Crippen molar-refractivity contribution in [2.24, 2.45) is 0 Å². The van der Waals surface area contributed by atoms with Gasteiger partial charge in [0.2, 0.25) is 0 Å². The zero-order valence-electron chi connectivity index (χ0n) is 13.0. The van der Waals surface area contributed by atoms with E-state index in [1.165, 1.54) is 6.92 Å². The van der Waals surface area contributed by atoms with Crippen molar-refractivity contribution in [1.82, 2.24) is 4.31 Å². The lowest BCUT2D eigenvalue weighted by atomic mass is 10.1. The lowest BCUT2D eigenvalue weighted by Gasteiger charge is -2.35. The van der Waals surface area contributed by atoms with Gasteiger partial charge in [-0.05, 0) is 12.8 Å². The largest absolute Gasteiger partial charge is 0.481 e. The molecule has 0 unspecified atom stereocenters. The maximum absolute atomic E-state index is 13.7. The second-order valence-corrected chi connectivity index (χ2v) is 7.04. The molecule has 0 bridgehead atoms. The number of aliphatic carboxylic acids is 1. The Morgan fingerprint density at radius 1 is 0.923 bits per heavy atom. The summed E-state index contributed by atoms with van der Waals surface area (Å²) in [6.07, 6.45) is -8.87. The molecule has 0 radical (unpaired) electrons. The molecule has 0 saturated carbocycles. The Hall–Kier alpha value is -1.25. The van der Waals surface area contributed by atoms with Gasteiger partial charge in [0.15, 0.2) is 0 Å². The van der Waals surface area contributed by atoms with Crippen molar-refractivity contribution in [3.05, 3.63) is 0 Å². The Morgan fingerprint density at radius 2 is 1.38 bits per heavy atom. The lowest BCUT2D eigenvalue weighted by molar-refractivity contribution is -0.382. The SMILES string of the molecule is CCCN(CCCC(=O)O)S(=O)(=O)C(F)(F)C(F)(F)C(F)(F)C(F)(F)F. The van der Waals surface area contributed by atoms with Crippen molar-refractivity contribution < 1.29 is 57.8 Å². The van der Waals surface area contributed by atoms with Gasteiger partial charge < -0.3 is 5.11 Å². The summed E-state index contributed by atoms with van der Waals surface area (Å²) in [5.74, 6) is -16.1. The van der Waals surface area contributed by atoms with E-state index < -0.39 is 69.5 Å². The van der Waals surface area contributed by atoms with Crippen LogP contribution in [0.25, 0.3) is 0 Å². The minimum absolute atomic E-state index is 0.288. The van der Waals surface area contributed by atoms with Crippen molar-refractivity contribution in [1.29, 1.82) is 0 Å². The molecular weight excluding hydrogens is 413 g/mol. The number of nitrogens with zero attached hydrogens (tertiary/aromatic N) is 1. The normalized spacial score (nSPS) is 14.7. The molecule has 0 heterocycles. The average molecular weight is 427 g/mol. The molecule has 0 saturated heterocycles. The molecule has 0 aromatic heterocycles. The number of sulfonamides is 1. The van der Waals surface area contributed by atoms with Crippen LogP contribution in [0.2, 0.25) is 0 Å². The van der Waals surface area contributed by atoms with Gasteiger partial charge in [-0.2, -0.15) is 43.8 Å². The van der Waals surface area contributed by atoms with Gasteiger partial charge in [0.1, 0.15) is 0 Å². The van der Waals surface area contributed by atoms with Gasteiger partial charge in [-0.1, -0.05) is 6.92 Å². The third kappa shape index (κ3) is 4.35. The predicted molar refractivity (Wildman–Crippen MR) is 68.5 cm³/mol. The van der Waals surface area contributed by atoms with Gasteiger partial charge >= 0.3 is 29.2 Å². The fourth-order valence-corrected chi connectivity index (χ4v) is 3.26. The van der Waals surface area contributed by atoms with E-state index in [9.17, 15) is 52.7 Å². The number of hydrogen-bond acceptors (Lipinski definition) is 3. The van der Waals surface area contributed by atoms with Gasteiger partial charge in [-0.25, -0.2) is 8.42 Å². The molecule has 26 heavy (non-hydrogen) atoms. The van der Waals surface area contributed by atoms with Crippen LogP contribution in [-0.2, 0) is 14.8 Å². The molecular formula is C11H14F9NO4S. The van der Waals surface area contributed by atoms with Crippen LogP contribution >= 0.6 is 0 Å². The third-order valence-corrected chi connectivity index (χ3v) is 5.00. The topological polar surface area (TPSA) is 74.7 Å². The van der Waals surface area contributed by atoms with Crippen LogP contribution in [0.5, 0.6) is 0 Å². The minimum Gasteiger partial charge on any atom is -0.481 e. The molecule has 0 aliphatic carbocycles. The van der Waals surface area contributed by atoms with E-state index in [0.29, 0.717) is 0 Å². The van der Waals surface area contributed by atoms with Crippen LogP contribution in [0.4, 0.5) is 39.5 Å². The number of carbonyl (C=O) groups is 1. The molecule has 1 N–H and O–H groups in total. The van der Waals surface area contributed by atoms with Crippen LogP contribution in [0.3, 0.4) is 0 Å². The van der Waals surface area contributed by atoms with Gasteiger partial charge in [0.05, 0.1) is 0 Å². The molecule has 0 aromatic carbocycles. The maximum atomic E-state index is 13.7. The Morgan fingerprint density at radius 3 is 1.73 bits per heavy atom. The molecule has 15 heteroatoms. The highest BCUT2D eigenvalue weighted by Gasteiger charge is 2.85. The van der Waals surface area contributed by atoms with Crippen LogP contribution in [0.15, 0.2) is 0 Å². The first kappa shape index (κ1) is 24.8. The summed E-state index contributed by atoms with van der Waals surface area (Å²) in [5.41, 5.74) is 0. The van der Waals surface area contributed by atoms with Crippen molar-refractivity contribution >= 4 is 16.0 Å². The Kier molecular flexibility index (Phi) is 7.41. The molecule has 0 fully saturated rings. The highest BCUT2D eigenvalue weighted by Crippen LogP contribution is 2.55. The Balaban J connectivity index is 5.98. The van der Waals surface area contributed by atoms with Gasteiger partial charge in [0, 0.05) is 19.5 Å². The summed E-state index contributed by atoms with van der Waals surface area (Å²) in [4.78, 5) is 10.3. The first-order chi connectivity index (χ1) is 11.4. The van der Waals surface area contributed by atoms with Crippen LogP contribution in [0, 0.1) is 0 Å². The fourth-order valence-electron chi connectivity index (χ4n) is 1.69. The molecule has 0 spiro atoms. The zero-order valence-corrected chi connectivity index (χ0v) is 13.8. The number of alkyl halides is 9. The molecule has 0 aliphatic heterocycles. The van der Waals surface area contributed by atoms with Crippen molar-refractivity contribution in [2.75, 3.05) is 13.1 Å². The highest BCUT2D eigenvalue weighted by atomic mass is 32.2. The summed E-state index contributed by atoms with van der Waals surface area (Å²) >= 11 is 0. The second kappa shape index (κ2) is 7.78. The number of rotatable bonds is 10.